The van der Waals surface area contributed by atoms with Gasteiger partial charge in [0.2, 0.25) is 0 Å². The quantitative estimate of drug-likeness (QED) is 0.697. The van der Waals surface area contributed by atoms with Crippen molar-refractivity contribution in [3.05, 3.63) is 0 Å². The average Bonchev–Trinajstić information content (AvgIpc) is 2.73. The van der Waals surface area contributed by atoms with Gasteiger partial charge in [0.05, 0.1) is 24.9 Å². The highest BCUT2D eigenvalue weighted by molar-refractivity contribution is 4.74. The zero-order chi connectivity index (χ0) is 12.7. The molecule has 0 aliphatic heterocycles. The molecule has 0 aromatic rings. The van der Waals surface area contributed by atoms with Crippen molar-refractivity contribution in [1.82, 2.24) is 5.32 Å². The molecule has 3 nitrogen and oxygen atoms in total. The van der Waals surface area contributed by atoms with Gasteiger partial charge in [0.15, 0.2) is 0 Å². The molecule has 0 aromatic heterocycles. The van der Waals surface area contributed by atoms with Gasteiger partial charge in [-0.2, -0.15) is 0 Å². The maximum Gasteiger partial charge on any atom is 0.0707 e. The van der Waals surface area contributed by atoms with Crippen molar-refractivity contribution in [3.8, 4) is 0 Å². The van der Waals surface area contributed by atoms with Gasteiger partial charge in [0, 0.05) is 12.6 Å². The van der Waals surface area contributed by atoms with E-state index in [0.717, 1.165) is 12.6 Å². The molecule has 0 amide bonds. The summed E-state index contributed by atoms with van der Waals surface area (Å²) >= 11 is 0. The smallest absolute Gasteiger partial charge is 0.0707 e. The second-order valence-corrected chi connectivity index (χ2v) is 6.03. The molecule has 1 aliphatic carbocycles. The largest absolute Gasteiger partial charge is 0.375 e. The molecule has 1 rings (SSSR count). The molecule has 0 spiro atoms. The molecular weight excluding hydrogens is 214 g/mol. The summed E-state index contributed by atoms with van der Waals surface area (Å²) in [5.41, 5.74) is -0.0608. The van der Waals surface area contributed by atoms with Crippen LogP contribution in [0, 0.1) is 0 Å². The minimum atomic E-state index is -0.0608. The van der Waals surface area contributed by atoms with E-state index in [1.165, 1.54) is 25.7 Å². The first-order valence-corrected chi connectivity index (χ1v) is 6.96. The highest BCUT2D eigenvalue weighted by atomic mass is 16.5. The third-order valence-electron chi connectivity index (χ3n) is 3.07. The summed E-state index contributed by atoms with van der Waals surface area (Å²) in [6.45, 7) is 10.6. The van der Waals surface area contributed by atoms with E-state index in [1.54, 1.807) is 0 Å². The van der Waals surface area contributed by atoms with E-state index in [2.05, 4.69) is 33.0 Å². The monoisotopic (exact) mass is 243 g/mol. The third-order valence-corrected chi connectivity index (χ3v) is 3.07. The predicted molar refractivity (Wildman–Crippen MR) is 71.4 cm³/mol. The average molecular weight is 243 g/mol. The van der Waals surface area contributed by atoms with E-state index in [-0.39, 0.29) is 11.7 Å². The first-order chi connectivity index (χ1) is 7.97. The number of hydrogen-bond acceptors (Lipinski definition) is 3. The summed E-state index contributed by atoms with van der Waals surface area (Å²) in [4.78, 5) is 0. The number of rotatable bonds is 7. The first kappa shape index (κ1) is 14.9. The first-order valence-electron chi connectivity index (χ1n) is 6.96. The van der Waals surface area contributed by atoms with Crippen LogP contribution in [0.25, 0.3) is 0 Å². The Morgan fingerprint density at radius 2 is 1.82 bits per heavy atom. The maximum absolute atomic E-state index is 5.71. The van der Waals surface area contributed by atoms with Gasteiger partial charge in [-0.25, -0.2) is 0 Å². The number of hydrogen-bond donors (Lipinski definition) is 1. The van der Waals surface area contributed by atoms with Crippen LogP contribution in [0.2, 0.25) is 0 Å². The van der Waals surface area contributed by atoms with E-state index in [1.807, 2.05) is 0 Å². The predicted octanol–water partition coefficient (Wildman–Crippen LogP) is 2.74. The minimum absolute atomic E-state index is 0.0608. The molecule has 1 atom stereocenters. The van der Waals surface area contributed by atoms with Crippen molar-refractivity contribution < 1.29 is 9.47 Å². The molecule has 102 valence electrons. The summed E-state index contributed by atoms with van der Waals surface area (Å²) in [5.74, 6) is 0. The van der Waals surface area contributed by atoms with Crippen LogP contribution >= 0.6 is 0 Å². The standard InChI is InChI=1S/C14H29NO2/c1-12(11-15-13-7-5-6-8-13)16-9-10-17-14(2,3)4/h12-13,15H,5-11H2,1-4H3. The van der Waals surface area contributed by atoms with Gasteiger partial charge in [-0.1, -0.05) is 12.8 Å². The molecule has 0 aromatic carbocycles. The van der Waals surface area contributed by atoms with Crippen molar-refractivity contribution in [1.29, 1.82) is 0 Å². The lowest BCUT2D eigenvalue weighted by Gasteiger charge is -2.21. The van der Waals surface area contributed by atoms with Crippen LogP contribution in [0.3, 0.4) is 0 Å². The van der Waals surface area contributed by atoms with E-state index >= 15 is 0 Å². The topological polar surface area (TPSA) is 30.5 Å². The van der Waals surface area contributed by atoms with Crippen LogP contribution in [0.4, 0.5) is 0 Å². The lowest BCUT2D eigenvalue weighted by atomic mass is 10.2. The Labute approximate surface area is 106 Å². The van der Waals surface area contributed by atoms with Crippen LogP contribution in [0.15, 0.2) is 0 Å². The Balaban J connectivity index is 1.95. The highest BCUT2D eigenvalue weighted by Crippen LogP contribution is 2.17. The van der Waals surface area contributed by atoms with Gasteiger partial charge in [0.25, 0.3) is 0 Å². The van der Waals surface area contributed by atoms with Crippen LogP contribution in [0.1, 0.15) is 53.4 Å². The van der Waals surface area contributed by atoms with Crippen molar-refractivity contribution in [2.75, 3.05) is 19.8 Å². The highest BCUT2D eigenvalue weighted by Gasteiger charge is 2.15. The van der Waals surface area contributed by atoms with Gasteiger partial charge in [-0.15, -0.1) is 0 Å². The van der Waals surface area contributed by atoms with Gasteiger partial charge in [-0.3, -0.25) is 0 Å². The molecule has 17 heavy (non-hydrogen) atoms. The van der Waals surface area contributed by atoms with Gasteiger partial charge < -0.3 is 14.8 Å². The van der Waals surface area contributed by atoms with E-state index in [4.69, 9.17) is 9.47 Å². The van der Waals surface area contributed by atoms with E-state index in [0.29, 0.717) is 13.2 Å². The number of ether oxygens (including phenoxy) is 2. The molecule has 1 unspecified atom stereocenters. The zero-order valence-electron chi connectivity index (χ0n) is 11.9. The second-order valence-electron chi connectivity index (χ2n) is 6.03. The molecule has 1 aliphatic rings. The van der Waals surface area contributed by atoms with Crippen molar-refractivity contribution in [3.63, 3.8) is 0 Å². The second kappa shape index (κ2) is 7.34. The molecule has 0 bridgehead atoms. The Hall–Kier alpha value is -0.120. The Morgan fingerprint density at radius 3 is 2.41 bits per heavy atom. The maximum atomic E-state index is 5.71. The van der Waals surface area contributed by atoms with Crippen LogP contribution < -0.4 is 5.32 Å². The molecule has 0 radical (unpaired) electrons. The molecule has 1 fully saturated rings. The molecule has 3 heteroatoms. The van der Waals surface area contributed by atoms with Gasteiger partial charge >= 0.3 is 0 Å². The normalized spacial score (nSPS) is 19.8. The lowest BCUT2D eigenvalue weighted by Crippen LogP contribution is -2.34. The number of nitrogens with one attached hydrogen (secondary N) is 1. The Kier molecular flexibility index (Phi) is 6.45. The summed E-state index contributed by atoms with van der Waals surface area (Å²) in [7, 11) is 0. The molecule has 0 saturated heterocycles. The Morgan fingerprint density at radius 1 is 1.18 bits per heavy atom. The fourth-order valence-electron chi connectivity index (χ4n) is 2.12. The third kappa shape index (κ3) is 7.74. The van der Waals surface area contributed by atoms with Crippen LogP contribution in [-0.2, 0) is 9.47 Å². The lowest BCUT2D eigenvalue weighted by molar-refractivity contribution is -0.0482. The minimum Gasteiger partial charge on any atom is -0.375 e. The SMILES string of the molecule is CC(CNC1CCCC1)OCCOC(C)(C)C. The van der Waals surface area contributed by atoms with Crippen LogP contribution in [-0.4, -0.2) is 37.5 Å². The molecular formula is C14H29NO2. The van der Waals surface area contributed by atoms with Crippen LogP contribution in [0.5, 0.6) is 0 Å². The zero-order valence-corrected chi connectivity index (χ0v) is 11.9. The van der Waals surface area contributed by atoms with E-state index < -0.39 is 0 Å². The fraction of sp³-hybridized carbons (Fsp3) is 1.00. The Bertz CT molecular complexity index is 195. The summed E-state index contributed by atoms with van der Waals surface area (Å²) < 4.78 is 11.3. The van der Waals surface area contributed by atoms with Crippen molar-refractivity contribution in [2.24, 2.45) is 0 Å². The van der Waals surface area contributed by atoms with Crippen molar-refractivity contribution in [2.45, 2.75) is 71.1 Å². The van der Waals surface area contributed by atoms with Gasteiger partial charge in [0.1, 0.15) is 0 Å². The molecule has 1 N–H and O–H groups in total. The molecule has 0 heterocycles. The summed E-state index contributed by atoms with van der Waals surface area (Å²) in [6, 6.07) is 0.729. The van der Waals surface area contributed by atoms with Crippen molar-refractivity contribution >= 4 is 0 Å². The van der Waals surface area contributed by atoms with Gasteiger partial charge in [-0.05, 0) is 40.5 Å². The molecule has 1 saturated carbocycles. The van der Waals surface area contributed by atoms with E-state index in [9.17, 15) is 0 Å². The summed E-state index contributed by atoms with van der Waals surface area (Å²) in [5, 5.41) is 3.57. The fourth-order valence-corrected chi connectivity index (χ4v) is 2.12. The summed E-state index contributed by atoms with van der Waals surface area (Å²) in [6.07, 6.45) is 5.71.